The third kappa shape index (κ3) is 3.65. The first-order valence-corrected chi connectivity index (χ1v) is 15.6. The Morgan fingerprint density at radius 1 is 0.391 bits per heavy atom. The molecule has 0 fully saturated rings. The molecule has 2 aromatic heterocycles. The molecule has 10 aromatic rings. The second-order valence-corrected chi connectivity index (χ2v) is 11.9. The summed E-state index contributed by atoms with van der Waals surface area (Å²) in [5, 5.41) is 8.94. The molecule has 0 saturated carbocycles. The summed E-state index contributed by atoms with van der Waals surface area (Å²) >= 11 is 0. The van der Waals surface area contributed by atoms with Crippen molar-refractivity contribution in [3.05, 3.63) is 158 Å². The molecule has 46 heavy (non-hydrogen) atoms. The fraction of sp³-hybridized carbons (Fsp3) is 0. The summed E-state index contributed by atoms with van der Waals surface area (Å²) in [6, 6.07) is 53.3. The van der Waals surface area contributed by atoms with Crippen LogP contribution in [0.5, 0.6) is 0 Å². The van der Waals surface area contributed by atoms with Gasteiger partial charge in [0.15, 0.2) is 0 Å². The van der Waals surface area contributed by atoms with Crippen LogP contribution in [-0.4, -0.2) is 0 Å². The maximum atomic E-state index is 7.96. The molecule has 0 amide bonds. The Hall–Kier alpha value is -6.12. The molecule has 0 unspecified atom stereocenters. The Kier molecular flexibility index (Phi) is 5.10. The van der Waals surface area contributed by atoms with Gasteiger partial charge in [-0.05, 0) is 68.1 Å². The molecule has 10 rings (SSSR count). The number of para-hydroxylation sites is 2. The monoisotopic (exact) mass is 587 g/mol. The zero-order valence-electron chi connectivity index (χ0n) is 25.8. The van der Waals surface area contributed by atoms with Crippen LogP contribution in [0.3, 0.4) is 0 Å². The predicted molar refractivity (Wildman–Crippen MR) is 192 cm³/mol. The van der Waals surface area contributed by atoms with Gasteiger partial charge in [0.1, 0.15) is 22.3 Å². The van der Waals surface area contributed by atoms with E-state index < -0.39 is 0 Å². The average molecular weight is 588 g/mol. The first kappa shape index (κ1) is 24.2. The lowest BCUT2D eigenvalue weighted by atomic mass is 9.86. The molecule has 214 valence electrons. The van der Waals surface area contributed by atoms with Crippen LogP contribution in [0.2, 0.25) is 0 Å². The topological polar surface area (TPSA) is 26.3 Å². The van der Waals surface area contributed by atoms with Crippen molar-refractivity contribution in [1.29, 1.82) is 0 Å². The van der Waals surface area contributed by atoms with Gasteiger partial charge in [-0.25, -0.2) is 0 Å². The van der Waals surface area contributed by atoms with Gasteiger partial charge in [-0.2, -0.15) is 0 Å². The number of benzene rings is 8. The molecular formula is C44H26O2. The maximum absolute atomic E-state index is 7.96. The standard InChI is InChI=1S/C44H26O2/c1-2-11-30-26-31(25-22-27(30)10-1)28-20-23-29(24-21-28)40-32-12-3-4-13-33(32)42(44-43(40)35-15-6-8-18-38(35)46-44)36-16-9-19-39-41(36)34-14-5-7-17-37(34)45-39/h1-26H/i1D. The summed E-state index contributed by atoms with van der Waals surface area (Å²) in [6.45, 7) is 0. The van der Waals surface area contributed by atoms with E-state index in [0.29, 0.717) is 6.04 Å². The van der Waals surface area contributed by atoms with Crippen LogP contribution in [0.25, 0.3) is 98.8 Å². The van der Waals surface area contributed by atoms with Crippen LogP contribution in [0, 0.1) is 0 Å². The maximum Gasteiger partial charge on any atom is 0.144 e. The van der Waals surface area contributed by atoms with Crippen LogP contribution in [0.15, 0.2) is 167 Å². The normalized spacial score (nSPS) is 12.2. The number of fused-ring (bicyclic) bond motifs is 8. The SMILES string of the molecule is [2H]c1ccc2cc(-c3ccc(-c4c5ccccc5c(-c5cccc6oc7ccccc7c56)c5oc6ccccc6c45)cc3)ccc2c1. The van der Waals surface area contributed by atoms with Crippen molar-refractivity contribution in [3.63, 3.8) is 0 Å². The lowest BCUT2D eigenvalue weighted by Crippen LogP contribution is -1.90. The van der Waals surface area contributed by atoms with Crippen LogP contribution in [-0.2, 0) is 0 Å². The van der Waals surface area contributed by atoms with Gasteiger partial charge in [0.05, 0.1) is 1.37 Å². The number of rotatable bonds is 3. The summed E-state index contributed by atoms with van der Waals surface area (Å²) in [4.78, 5) is 0. The van der Waals surface area contributed by atoms with E-state index in [1.54, 1.807) is 0 Å². The Balaban J connectivity index is 1.26. The van der Waals surface area contributed by atoms with Crippen molar-refractivity contribution in [3.8, 4) is 33.4 Å². The van der Waals surface area contributed by atoms with E-state index in [1.165, 1.54) is 10.9 Å². The summed E-state index contributed by atoms with van der Waals surface area (Å²) in [5.74, 6) is 0. The molecule has 0 atom stereocenters. The molecule has 2 nitrogen and oxygen atoms in total. The number of hydrogen-bond donors (Lipinski definition) is 0. The van der Waals surface area contributed by atoms with Gasteiger partial charge in [0, 0.05) is 32.7 Å². The average Bonchev–Trinajstić information content (AvgIpc) is 3.69. The lowest BCUT2D eigenvalue weighted by molar-refractivity contribution is 0.669. The molecule has 0 radical (unpaired) electrons. The Morgan fingerprint density at radius 3 is 1.83 bits per heavy atom. The van der Waals surface area contributed by atoms with E-state index in [1.807, 2.05) is 36.4 Å². The van der Waals surface area contributed by atoms with Gasteiger partial charge >= 0.3 is 0 Å². The van der Waals surface area contributed by atoms with Gasteiger partial charge < -0.3 is 8.83 Å². The second-order valence-electron chi connectivity index (χ2n) is 11.9. The first-order valence-electron chi connectivity index (χ1n) is 16.1. The molecular weight excluding hydrogens is 560 g/mol. The minimum Gasteiger partial charge on any atom is -0.456 e. The first-order chi connectivity index (χ1) is 23.2. The van der Waals surface area contributed by atoms with Gasteiger partial charge in [0.25, 0.3) is 0 Å². The van der Waals surface area contributed by atoms with Crippen LogP contribution in [0.1, 0.15) is 1.37 Å². The lowest BCUT2D eigenvalue weighted by Gasteiger charge is -2.15. The number of hydrogen-bond acceptors (Lipinski definition) is 2. The second kappa shape index (κ2) is 9.69. The van der Waals surface area contributed by atoms with Crippen molar-refractivity contribution < 1.29 is 10.2 Å². The van der Waals surface area contributed by atoms with E-state index >= 15 is 0 Å². The molecule has 2 heteroatoms. The summed E-state index contributed by atoms with van der Waals surface area (Å²) in [7, 11) is 0. The molecule has 2 heterocycles. The Labute approximate surface area is 266 Å². The van der Waals surface area contributed by atoms with Crippen LogP contribution < -0.4 is 0 Å². The van der Waals surface area contributed by atoms with Gasteiger partial charge in [-0.15, -0.1) is 0 Å². The molecule has 0 aliphatic carbocycles. The Morgan fingerprint density at radius 2 is 1.02 bits per heavy atom. The van der Waals surface area contributed by atoms with E-state index in [0.717, 1.165) is 87.9 Å². The van der Waals surface area contributed by atoms with E-state index in [2.05, 4.69) is 115 Å². The van der Waals surface area contributed by atoms with Gasteiger partial charge in [-0.1, -0.05) is 133 Å². The summed E-state index contributed by atoms with van der Waals surface area (Å²) in [6.07, 6.45) is 0. The predicted octanol–water partition coefficient (Wildman–Crippen LogP) is 12.8. The van der Waals surface area contributed by atoms with E-state index in [-0.39, 0.29) is 0 Å². The van der Waals surface area contributed by atoms with E-state index in [9.17, 15) is 0 Å². The highest BCUT2D eigenvalue weighted by molar-refractivity contribution is 6.29. The fourth-order valence-electron chi connectivity index (χ4n) is 7.33. The highest BCUT2D eigenvalue weighted by Crippen LogP contribution is 2.49. The van der Waals surface area contributed by atoms with Crippen molar-refractivity contribution in [2.45, 2.75) is 0 Å². The summed E-state index contributed by atoms with van der Waals surface area (Å²) in [5.41, 5.74) is 10.3. The highest BCUT2D eigenvalue weighted by Gasteiger charge is 2.24. The molecule has 8 aromatic carbocycles. The van der Waals surface area contributed by atoms with Crippen LogP contribution in [0.4, 0.5) is 0 Å². The third-order valence-corrected chi connectivity index (χ3v) is 9.40. The van der Waals surface area contributed by atoms with Crippen molar-refractivity contribution >= 4 is 65.4 Å². The smallest absolute Gasteiger partial charge is 0.144 e. The number of furan rings is 2. The fourth-order valence-corrected chi connectivity index (χ4v) is 7.33. The zero-order valence-corrected chi connectivity index (χ0v) is 24.8. The molecule has 0 spiro atoms. The van der Waals surface area contributed by atoms with Crippen molar-refractivity contribution in [2.24, 2.45) is 0 Å². The Bertz CT molecular complexity index is 2850. The van der Waals surface area contributed by atoms with Crippen molar-refractivity contribution in [1.82, 2.24) is 0 Å². The molecule has 0 aliphatic rings. The third-order valence-electron chi connectivity index (χ3n) is 9.40. The minimum atomic E-state index is 0.528. The quantitative estimate of drug-likeness (QED) is 0.205. The van der Waals surface area contributed by atoms with Crippen molar-refractivity contribution in [2.75, 3.05) is 0 Å². The van der Waals surface area contributed by atoms with E-state index in [4.69, 9.17) is 10.2 Å². The molecule has 0 saturated heterocycles. The highest BCUT2D eigenvalue weighted by atomic mass is 16.3. The summed E-state index contributed by atoms with van der Waals surface area (Å²) < 4.78 is 21.1. The molecule has 0 aliphatic heterocycles. The zero-order chi connectivity index (χ0) is 31.1. The minimum absolute atomic E-state index is 0.528. The molecule has 0 N–H and O–H groups in total. The molecule has 0 bridgehead atoms. The van der Waals surface area contributed by atoms with Gasteiger partial charge in [-0.3, -0.25) is 0 Å². The largest absolute Gasteiger partial charge is 0.456 e. The van der Waals surface area contributed by atoms with Gasteiger partial charge in [0.2, 0.25) is 0 Å². The van der Waals surface area contributed by atoms with Crippen LogP contribution >= 0.6 is 0 Å².